The molecule has 0 saturated carbocycles. The number of aromatic nitrogens is 2. The first-order chi connectivity index (χ1) is 10.2. The first-order valence-corrected chi connectivity index (χ1v) is 7.32. The zero-order chi connectivity index (χ0) is 15.1. The lowest BCUT2D eigenvalue weighted by Gasteiger charge is -2.05. The largest absolute Gasteiger partial charge is 0.383 e. The van der Waals surface area contributed by atoms with Gasteiger partial charge in [-0.05, 0) is 12.1 Å². The van der Waals surface area contributed by atoms with Crippen molar-refractivity contribution in [1.82, 2.24) is 20.6 Å². The van der Waals surface area contributed by atoms with Crippen molar-refractivity contribution >= 4 is 34.7 Å². The molecule has 3 amide bonds. The molecule has 0 unspecified atom stereocenters. The fraction of sp³-hybridized carbons (Fsp3) is 0.308. The summed E-state index contributed by atoms with van der Waals surface area (Å²) in [5, 5.41) is 5.39. The number of thioether (sulfide) groups is 1. The van der Waals surface area contributed by atoms with Gasteiger partial charge in [-0.15, -0.1) is 0 Å². The third-order valence-corrected chi connectivity index (χ3v) is 3.43. The zero-order valence-electron chi connectivity index (χ0n) is 11.5. The smallest absolute Gasteiger partial charge is 0.321 e. The SMILES string of the molecule is COCCNC(=O)NC(=O)CSc1nc2ccccc2[nH]1. The van der Waals surface area contributed by atoms with Crippen LogP contribution in [0.25, 0.3) is 11.0 Å². The Morgan fingerprint density at radius 1 is 1.38 bits per heavy atom. The number of H-pyrrole nitrogens is 1. The van der Waals surface area contributed by atoms with Gasteiger partial charge in [0.05, 0.1) is 23.4 Å². The predicted molar refractivity (Wildman–Crippen MR) is 80.2 cm³/mol. The second kappa shape index (κ2) is 7.65. The van der Waals surface area contributed by atoms with Gasteiger partial charge in [0.1, 0.15) is 0 Å². The van der Waals surface area contributed by atoms with Crippen LogP contribution in [-0.2, 0) is 9.53 Å². The standard InChI is InChI=1S/C13H16N4O3S/c1-20-7-6-14-12(19)17-11(18)8-21-13-15-9-4-2-3-5-10(9)16-13/h2-5H,6-8H2,1H3,(H,15,16)(H2,14,17,18,19). The number of nitrogens with zero attached hydrogens (tertiary/aromatic N) is 1. The fourth-order valence-electron chi connectivity index (χ4n) is 1.61. The Balaban J connectivity index is 1.77. The number of carbonyl (C=O) groups excluding carboxylic acids is 2. The second-order valence-corrected chi connectivity index (χ2v) is 5.11. The van der Waals surface area contributed by atoms with Gasteiger partial charge in [-0.25, -0.2) is 9.78 Å². The molecule has 2 rings (SSSR count). The molecule has 0 spiro atoms. The third kappa shape index (κ3) is 4.76. The number of fused-ring (bicyclic) bond motifs is 1. The number of carbonyl (C=O) groups is 2. The Labute approximate surface area is 125 Å². The summed E-state index contributed by atoms with van der Waals surface area (Å²) < 4.78 is 4.79. The van der Waals surface area contributed by atoms with Crippen LogP contribution in [0.3, 0.4) is 0 Å². The third-order valence-electron chi connectivity index (χ3n) is 2.55. The first-order valence-electron chi connectivity index (χ1n) is 6.33. The van der Waals surface area contributed by atoms with E-state index in [-0.39, 0.29) is 11.7 Å². The minimum atomic E-state index is -0.526. The molecule has 3 N–H and O–H groups in total. The molecule has 1 aromatic carbocycles. The number of methoxy groups -OCH3 is 1. The molecule has 0 fully saturated rings. The molecular formula is C13H16N4O3S. The number of benzene rings is 1. The van der Waals surface area contributed by atoms with Crippen LogP contribution in [0.15, 0.2) is 29.4 Å². The number of para-hydroxylation sites is 2. The highest BCUT2D eigenvalue weighted by Crippen LogP contribution is 2.18. The lowest BCUT2D eigenvalue weighted by Crippen LogP contribution is -2.41. The second-order valence-electron chi connectivity index (χ2n) is 4.14. The van der Waals surface area contributed by atoms with Crippen LogP contribution in [0.2, 0.25) is 0 Å². The van der Waals surface area contributed by atoms with E-state index in [1.54, 1.807) is 0 Å². The molecule has 0 aliphatic carbocycles. The monoisotopic (exact) mass is 308 g/mol. The zero-order valence-corrected chi connectivity index (χ0v) is 12.3. The van der Waals surface area contributed by atoms with E-state index in [9.17, 15) is 9.59 Å². The number of hydrogen-bond acceptors (Lipinski definition) is 5. The van der Waals surface area contributed by atoms with Crippen LogP contribution in [0.5, 0.6) is 0 Å². The summed E-state index contributed by atoms with van der Waals surface area (Å²) in [4.78, 5) is 30.4. The van der Waals surface area contributed by atoms with E-state index < -0.39 is 6.03 Å². The molecule has 0 bridgehead atoms. The molecule has 21 heavy (non-hydrogen) atoms. The Morgan fingerprint density at radius 3 is 2.95 bits per heavy atom. The summed E-state index contributed by atoms with van der Waals surface area (Å²) in [5.74, 6) is -0.271. The van der Waals surface area contributed by atoms with Gasteiger partial charge in [-0.2, -0.15) is 0 Å². The summed E-state index contributed by atoms with van der Waals surface area (Å²) in [6.45, 7) is 0.752. The summed E-state index contributed by atoms with van der Waals surface area (Å²) in [5.41, 5.74) is 1.76. The van der Waals surface area contributed by atoms with Crippen molar-refractivity contribution in [2.75, 3.05) is 26.0 Å². The van der Waals surface area contributed by atoms with Crippen molar-refractivity contribution in [3.8, 4) is 0 Å². The molecule has 7 nitrogen and oxygen atoms in total. The number of hydrogen-bond donors (Lipinski definition) is 3. The van der Waals surface area contributed by atoms with Crippen LogP contribution >= 0.6 is 11.8 Å². The van der Waals surface area contributed by atoms with Crippen molar-refractivity contribution in [3.05, 3.63) is 24.3 Å². The maximum absolute atomic E-state index is 11.6. The Bertz CT molecular complexity index is 596. The molecule has 1 aromatic heterocycles. The van der Waals surface area contributed by atoms with Crippen molar-refractivity contribution < 1.29 is 14.3 Å². The van der Waals surface area contributed by atoms with Crippen LogP contribution in [-0.4, -0.2) is 47.9 Å². The predicted octanol–water partition coefficient (Wildman–Crippen LogP) is 1.13. The minimum Gasteiger partial charge on any atom is -0.383 e. The van der Waals surface area contributed by atoms with E-state index in [1.165, 1.54) is 18.9 Å². The highest BCUT2D eigenvalue weighted by Gasteiger charge is 2.09. The summed E-state index contributed by atoms with van der Waals surface area (Å²) in [6, 6.07) is 7.08. The molecule has 8 heteroatoms. The Morgan fingerprint density at radius 2 is 2.19 bits per heavy atom. The fourth-order valence-corrected chi connectivity index (χ4v) is 2.29. The number of amides is 3. The first kappa shape index (κ1) is 15.3. The van der Waals surface area contributed by atoms with Crippen LogP contribution < -0.4 is 10.6 Å². The molecule has 0 radical (unpaired) electrons. The van der Waals surface area contributed by atoms with E-state index in [2.05, 4.69) is 20.6 Å². The van der Waals surface area contributed by atoms with E-state index in [4.69, 9.17) is 4.74 Å². The van der Waals surface area contributed by atoms with Gasteiger partial charge in [0.25, 0.3) is 0 Å². The maximum Gasteiger partial charge on any atom is 0.321 e. The van der Waals surface area contributed by atoms with E-state index in [0.717, 1.165) is 11.0 Å². The number of nitrogens with one attached hydrogen (secondary N) is 3. The van der Waals surface area contributed by atoms with E-state index >= 15 is 0 Å². The van der Waals surface area contributed by atoms with Gasteiger partial charge < -0.3 is 15.0 Å². The summed E-state index contributed by atoms with van der Waals surface area (Å²) >= 11 is 1.24. The number of urea groups is 1. The molecule has 0 saturated heterocycles. The topological polar surface area (TPSA) is 96.1 Å². The van der Waals surface area contributed by atoms with Gasteiger partial charge in [-0.3, -0.25) is 10.1 Å². The Hall–Kier alpha value is -2.06. The molecule has 112 valence electrons. The Kier molecular flexibility index (Phi) is 5.59. The number of aromatic amines is 1. The highest BCUT2D eigenvalue weighted by molar-refractivity contribution is 7.99. The molecule has 0 aliphatic rings. The number of ether oxygens (including phenoxy) is 1. The van der Waals surface area contributed by atoms with Crippen molar-refractivity contribution in [1.29, 1.82) is 0 Å². The minimum absolute atomic E-state index is 0.109. The van der Waals surface area contributed by atoms with Gasteiger partial charge in [-0.1, -0.05) is 23.9 Å². The summed E-state index contributed by atoms with van der Waals surface area (Å²) in [6.07, 6.45) is 0. The van der Waals surface area contributed by atoms with Crippen LogP contribution in [0.4, 0.5) is 4.79 Å². The highest BCUT2D eigenvalue weighted by atomic mass is 32.2. The van der Waals surface area contributed by atoms with Gasteiger partial charge in [0.15, 0.2) is 5.16 Å². The van der Waals surface area contributed by atoms with Gasteiger partial charge in [0, 0.05) is 13.7 Å². The number of imidazole rings is 1. The van der Waals surface area contributed by atoms with Crippen molar-refractivity contribution in [3.63, 3.8) is 0 Å². The van der Waals surface area contributed by atoms with E-state index in [1.807, 2.05) is 24.3 Å². The molecule has 2 aromatic rings. The van der Waals surface area contributed by atoms with E-state index in [0.29, 0.717) is 18.3 Å². The molecular weight excluding hydrogens is 292 g/mol. The van der Waals surface area contributed by atoms with Crippen LogP contribution in [0, 0.1) is 0 Å². The number of imide groups is 1. The lowest BCUT2D eigenvalue weighted by atomic mass is 10.3. The van der Waals surface area contributed by atoms with Crippen LogP contribution in [0.1, 0.15) is 0 Å². The quantitative estimate of drug-likeness (QED) is 0.549. The van der Waals surface area contributed by atoms with Crippen molar-refractivity contribution in [2.24, 2.45) is 0 Å². The molecule has 0 aliphatic heterocycles. The van der Waals surface area contributed by atoms with Crippen molar-refractivity contribution in [2.45, 2.75) is 5.16 Å². The maximum atomic E-state index is 11.6. The lowest BCUT2D eigenvalue weighted by molar-refractivity contribution is -0.117. The van der Waals surface area contributed by atoms with Gasteiger partial charge in [0.2, 0.25) is 5.91 Å². The van der Waals surface area contributed by atoms with Gasteiger partial charge >= 0.3 is 6.03 Å². The average Bonchev–Trinajstić information content (AvgIpc) is 2.88. The summed E-state index contributed by atoms with van der Waals surface area (Å²) in [7, 11) is 1.54. The normalized spacial score (nSPS) is 10.5. The number of rotatable bonds is 6. The average molecular weight is 308 g/mol. The molecule has 0 atom stereocenters. The molecule has 1 heterocycles.